The number of rotatable bonds is 4. The maximum atomic E-state index is 11.8. The molecular formula is C10H9F2LiO3. The van der Waals surface area contributed by atoms with Gasteiger partial charge >= 0.3 is 25.5 Å². The number of ether oxygens (including phenoxy) is 1. The molecule has 0 aromatic heterocycles. The first-order valence-corrected chi connectivity index (χ1v) is 4.26. The van der Waals surface area contributed by atoms with Crippen molar-refractivity contribution in [2.24, 2.45) is 0 Å². The molecule has 0 fully saturated rings. The number of halogens is 2. The molecular weight excluding hydrogens is 213 g/mol. The summed E-state index contributed by atoms with van der Waals surface area (Å²) < 4.78 is 27.7. The maximum Gasteiger partial charge on any atom is 1.00 e. The Morgan fingerprint density at radius 1 is 1.31 bits per heavy atom. The van der Waals surface area contributed by atoms with E-state index in [1.54, 1.807) is 0 Å². The van der Waals surface area contributed by atoms with E-state index in [1.165, 1.54) is 31.2 Å². The van der Waals surface area contributed by atoms with Crippen LogP contribution in [0.25, 0.3) is 0 Å². The second-order valence-electron chi connectivity index (χ2n) is 2.99. The summed E-state index contributed by atoms with van der Waals surface area (Å²) >= 11 is 0. The van der Waals surface area contributed by atoms with Crippen LogP contribution in [-0.2, 0) is 4.79 Å². The van der Waals surface area contributed by atoms with Gasteiger partial charge in [0.1, 0.15) is 5.75 Å². The summed E-state index contributed by atoms with van der Waals surface area (Å²) in [5.74, 6) is -1.98. The number of carboxylic acids is 1. The summed E-state index contributed by atoms with van der Waals surface area (Å²) in [6.45, 7) is -1.42. The molecule has 0 heterocycles. The Balaban J connectivity index is 0.00000225. The monoisotopic (exact) mass is 222 g/mol. The topological polar surface area (TPSA) is 49.4 Å². The number of carbonyl (C=O) groups excluding carboxylic acids is 1. The fraction of sp³-hybridized carbons (Fsp3) is 0.300. The van der Waals surface area contributed by atoms with Crippen molar-refractivity contribution < 1.29 is 42.3 Å². The van der Waals surface area contributed by atoms with Crippen molar-refractivity contribution in [3.8, 4) is 5.75 Å². The molecule has 0 saturated carbocycles. The molecule has 0 N–H and O–H groups in total. The molecule has 0 radical (unpaired) electrons. The van der Waals surface area contributed by atoms with Crippen LogP contribution < -0.4 is 28.7 Å². The summed E-state index contributed by atoms with van der Waals surface area (Å²) in [6.07, 6.45) is 0. The normalized spacial score (nSPS) is 11.8. The van der Waals surface area contributed by atoms with Crippen LogP contribution in [0.1, 0.15) is 18.4 Å². The fourth-order valence-corrected chi connectivity index (χ4v) is 1.07. The van der Waals surface area contributed by atoms with E-state index in [9.17, 15) is 18.7 Å². The van der Waals surface area contributed by atoms with Crippen molar-refractivity contribution in [2.75, 3.05) is 0 Å². The van der Waals surface area contributed by atoms with Gasteiger partial charge in [0.25, 0.3) is 0 Å². The van der Waals surface area contributed by atoms with Gasteiger partial charge in [0.15, 0.2) is 0 Å². The first-order valence-electron chi connectivity index (χ1n) is 4.26. The second kappa shape index (κ2) is 6.51. The van der Waals surface area contributed by atoms with Crippen molar-refractivity contribution in [1.29, 1.82) is 0 Å². The van der Waals surface area contributed by atoms with Gasteiger partial charge in [0.2, 0.25) is 0 Å². The zero-order valence-corrected chi connectivity index (χ0v) is 8.94. The Morgan fingerprint density at radius 3 is 2.19 bits per heavy atom. The van der Waals surface area contributed by atoms with Crippen LogP contribution in [0.3, 0.4) is 0 Å². The van der Waals surface area contributed by atoms with Crippen LogP contribution in [-0.4, -0.2) is 12.6 Å². The molecule has 0 bridgehead atoms. The SMILES string of the molecule is CC(C(=O)[O-])c1ccc(OC(F)F)cc1.[Li+]. The second-order valence-corrected chi connectivity index (χ2v) is 2.99. The molecule has 0 amide bonds. The predicted molar refractivity (Wildman–Crippen MR) is 46.5 cm³/mol. The summed E-state index contributed by atoms with van der Waals surface area (Å²) in [4.78, 5) is 10.5. The standard InChI is InChI=1S/C10H10F2O3.Li/c1-6(9(13)14)7-2-4-8(5-3-7)15-10(11)12;/h2-6,10H,1H3,(H,13,14);/q;+1/p-1. The van der Waals surface area contributed by atoms with E-state index < -0.39 is 18.5 Å². The van der Waals surface area contributed by atoms with Gasteiger partial charge in [-0.25, -0.2) is 0 Å². The first-order chi connectivity index (χ1) is 7.00. The van der Waals surface area contributed by atoms with Gasteiger partial charge in [0, 0.05) is 11.9 Å². The zero-order valence-electron chi connectivity index (χ0n) is 8.94. The first kappa shape index (κ1) is 14.9. The van der Waals surface area contributed by atoms with Gasteiger partial charge in [-0.15, -0.1) is 0 Å². The molecule has 6 heteroatoms. The smallest absolute Gasteiger partial charge is 0.550 e. The minimum atomic E-state index is -2.88. The van der Waals surface area contributed by atoms with E-state index in [1.807, 2.05) is 0 Å². The van der Waals surface area contributed by atoms with Gasteiger partial charge < -0.3 is 14.6 Å². The third-order valence-electron chi connectivity index (χ3n) is 1.96. The largest absolute Gasteiger partial charge is 1.00 e. The van der Waals surface area contributed by atoms with E-state index in [4.69, 9.17) is 0 Å². The molecule has 1 aromatic rings. The van der Waals surface area contributed by atoms with Gasteiger partial charge in [-0.3, -0.25) is 0 Å². The Morgan fingerprint density at radius 2 is 1.81 bits per heavy atom. The number of hydrogen-bond donors (Lipinski definition) is 0. The number of alkyl halides is 2. The average molecular weight is 222 g/mol. The Hall–Kier alpha value is -1.05. The van der Waals surface area contributed by atoms with E-state index in [0.717, 1.165) is 0 Å². The van der Waals surface area contributed by atoms with E-state index in [0.29, 0.717) is 5.56 Å². The zero-order chi connectivity index (χ0) is 11.4. The van der Waals surface area contributed by atoms with Crippen molar-refractivity contribution in [3.63, 3.8) is 0 Å². The van der Waals surface area contributed by atoms with E-state index in [2.05, 4.69) is 4.74 Å². The molecule has 0 aliphatic heterocycles. The molecule has 16 heavy (non-hydrogen) atoms. The Labute approximate surface area is 104 Å². The van der Waals surface area contributed by atoms with Crippen LogP contribution in [0.4, 0.5) is 8.78 Å². The molecule has 0 saturated heterocycles. The van der Waals surface area contributed by atoms with Gasteiger partial charge in [0.05, 0.1) is 0 Å². The summed E-state index contributed by atoms with van der Waals surface area (Å²) in [5.41, 5.74) is 0.483. The maximum absolute atomic E-state index is 11.8. The van der Waals surface area contributed by atoms with Crippen LogP contribution in [0.2, 0.25) is 0 Å². The molecule has 1 rings (SSSR count). The van der Waals surface area contributed by atoms with Gasteiger partial charge in [-0.1, -0.05) is 19.1 Å². The van der Waals surface area contributed by atoms with Crippen molar-refractivity contribution in [2.45, 2.75) is 19.5 Å². The number of carbonyl (C=O) groups is 1. The molecule has 82 valence electrons. The van der Waals surface area contributed by atoms with Crippen LogP contribution in [0.15, 0.2) is 24.3 Å². The minimum Gasteiger partial charge on any atom is -0.550 e. The van der Waals surface area contributed by atoms with E-state index in [-0.39, 0.29) is 24.6 Å². The third-order valence-corrected chi connectivity index (χ3v) is 1.96. The number of benzene rings is 1. The molecule has 1 aromatic carbocycles. The van der Waals surface area contributed by atoms with Crippen LogP contribution in [0.5, 0.6) is 5.75 Å². The molecule has 3 nitrogen and oxygen atoms in total. The van der Waals surface area contributed by atoms with Crippen molar-refractivity contribution in [3.05, 3.63) is 29.8 Å². The summed E-state index contributed by atoms with van der Waals surface area (Å²) in [5, 5.41) is 10.5. The summed E-state index contributed by atoms with van der Waals surface area (Å²) in [7, 11) is 0. The van der Waals surface area contributed by atoms with Gasteiger partial charge in [-0.05, 0) is 17.7 Å². The molecule has 0 aliphatic rings. The third kappa shape index (κ3) is 4.21. The van der Waals surface area contributed by atoms with Crippen molar-refractivity contribution >= 4 is 5.97 Å². The fourth-order valence-electron chi connectivity index (χ4n) is 1.07. The molecule has 0 aliphatic carbocycles. The summed E-state index contributed by atoms with van der Waals surface area (Å²) in [6, 6.07) is 5.41. The molecule has 0 spiro atoms. The molecule has 1 atom stereocenters. The minimum absolute atomic E-state index is 0. The van der Waals surface area contributed by atoms with Crippen LogP contribution >= 0.6 is 0 Å². The van der Waals surface area contributed by atoms with Crippen molar-refractivity contribution in [1.82, 2.24) is 0 Å². The van der Waals surface area contributed by atoms with Crippen LogP contribution in [0, 0.1) is 0 Å². The van der Waals surface area contributed by atoms with E-state index >= 15 is 0 Å². The van der Waals surface area contributed by atoms with Gasteiger partial charge in [-0.2, -0.15) is 8.78 Å². The predicted octanol–water partition coefficient (Wildman–Crippen LogP) is -1.85. The number of carboxylic acid groups (broad SMARTS) is 1. The number of hydrogen-bond acceptors (Lipinski definition) is 3. The quantitative estimate of drug-likeness (QED) is 0.562. The molecule has 1 unspecified atom stereocenters. The Bertz CT molecular complexity index is 340. The average Bonchev–Trinajstić information content (AvgIpc) is 2.17. The Kier molecular flexibility index (Phi) is 6.08. The number of aliphatic carboxylic acids is 1.